The lowest BCUT2D eigenvalue weighted by molar-refractivity contribution is -0.116. The van der Waals surface area contributed by atoms with E-state index in [2.05, 4.69) is 39.1 Å². The van der Waals surface area contributed by atoms with E-state index in [1.165, 1.54) is 5.56 Å². The number of nitrogens with one attached hydrogen (secondary N) is 3. The molecule has 142 valence electrons. The number of guanidine groups is 1. The van der Waals surface area contributed by atoms with Crippen molar-refractivity contribution in [3.8, 4) is 0 Å². The number of carbonyl (C=O) groups excluding carboxylic acids is 1. The van der Waals surface area contributed by atoms with Crippen LogP contribution in [0, 0.1) is 0 Å². The lowest BCUT2D eigenvalue weighted by atomic mass is 9.90. The largest absolute Gasteiger partial charge is 0.380 e. The maximum atomic E-state index is 12.0. The number of carbonyl (C=O) groups is 1. The van der Waals surface area contributed by atoms with Gasteiger partial charge in [0.05, 0.1) is 6.61 Å². The molecule has 1 amide bonds. The highest BCUT2D eigenvalue weighted by molar-refractivity contribution is 5.94. The van der Waals surface area contributed by atoms with Crippen molar-refractivity contribution in [2.75, 3.05) is 26.0 Å². The zero-order valence-electron chi connectivity index (χ0n) is 15.8. The van der Waals surface area contributed by atoms with Crippen LogP contribution in [0.1, 0.15) is 29.0 Å². The summed E-state index contributed by atoms with van der Waals surface area (Å²) in [5, 5.41) is 9.62. The number of para-hydroxylation sites is 1. The molecule has 0 saturated carbocycles. The Morgan fingerprint density at radius 2 is 1.89 bits per heavy atom. The van der Waals surface area contributed by atoms with Crippen molar-refractivity contribution in [3.63, 3.8) is 0 Å². The highest BCUT2D eigenvalue weighted by Crippen LogP contribution is 2.31. The van der Waals surface area contributed by atoms with Crippen molar-refractivity contribution >= 4 is 17.6 Å². The van der Waals surface area contributed by atoms with Crippen LogP contribution in [0.15, 0.2) is 53.5 Å². The Kier molecular flexibility index (Phi) is 6.44. The summed E-state index contributed by atoms with van der Waals surface area (Å²) in [7, 11) is 3.45. The maximum Gasteiger partial charge on any atom is 0.225 e. The maximum absolute atomic E-state index is 12.0. The molecule has 2 aromatic rings. The Bertz CT molecular complexity index is 819. The van der Waals surface area contributed by atoms with Crippen molar-refractivity contribution in [2.45, 2.75) is 25.5 Å². The van der Waals surface area contributed by atoms with E-state index < -0.39 is 0 Å². The van der Waals surface area contributed by atoms with Crippen LogP contribution in [0.2, 0.25) is 0 Å². The second kappa shape index (κ2) is 9.19. The molecule has 6 nitrogen and oxygen atoms in total. The van der Waals surface area contributed by atoms with Gasteiger partial charge in [0.25, 0.3) is 0 Å². The van der Waals surface area contributed by atoms with Crippen molar-refractivity contribution in [1.29, 1.82) is 0 Å². The minimum atomic E-state index is 0.0527. The first kappa shape index (κ1) is 18.9. The van der Waals surface area contributed by atoms with Gasteiger partial charge < -0.3 is 20.7 Å². The number of nitrogens with zero attached hydrogens (tertiary/aromatic N) is 1. The van der Waals surface area contributed by atoms with Gasteiger partial charge >= 0.3 is 0 Å². The van der Waals surface area contributed by atoms with Crippen LogP contribution in [0.25, 0.3) is 0 Å². The Hall–Kier alpha value is -2.86. The van der Waals surface area contributed by atoms with Crippen LogP contribution in [-0.2, 0) is 22.7 Å². The summed E-state index contributed by atoms with van der Waals surface area (Å²) in [6, 6.07) is 16.1. The smallest absolute Gasteiger partial charge is 0.225 e. The predicted molar refractivity (Wildman–Crippen MR) is 108 cm³/mol. The van der Waals surface area contributed by atoms with Gasteiger partial charge in [0.2, 0.25) is 5.91 Å². The predicted octanol–water partition coefficient (Wildman–Crippen LogP) is 2.62. The van der Waals surface area contributed by atoms with Crippen LogP contribution < -0.4 is 16.0 Å². The van der Waals surface area contributed by atoms with Gasteiger partial charge in [0.1, 0.15) is 0 Å². The first-order valence-corrected chi connectivity index (χ1v) is 9.10. The van der Waals surface area contributed by atoms with E-state index in [4.69, 9.17) is 4.74 Å². The molecule has 0 spiro atoms. The number of amides is 1. The highest BCUT2D eigenvalue weighted by atomic mass is 16.5. The van der Waals surface area contributed by atoms with Crippen molar-refractivity contribution < 1.29 is 9.53 Å². The van der Waals surface area contributed by atoms with E-state index in [9.17, 15) is 4.79 Å². The number of ether oxygens (including phenoxy) is 1. The first-order valence-electron chi connectivity index (χ1n) is 9.10. The number of benzene rings is 2. The van der Waals surface area contributed by atoms with Gasteiger partial charge in [-0.2, -0.15) is 0 Å². The minimum absolute atomic E-state index is 0.0527. The number of aliphatic imine (C=N–C) groups is 1. The Morgan fingerprint density at radius 1 is 1.15 bits per heavy atom. The van der Waals surface area contributed by atoms with Crippen LogP contribution in [-0.4, -0.2) is 32.6 Å². The van der Waals surface area contributed by atoms with Gasteiger partial charge in [0.15, 0.2) is 5.96 Å². The second-order valence-electron chi connectivity index (χ2n) is 6.54. The molecule has 0 bridgehead atoms. The molecular formula is C21H26N4O2. The minimum Gasteiger partial charge on any atom is -0.380 e. The van der Waals surface area contributed by atoms with Gasteiger partial charge in [-0.3, -0.25) is 9.79 Å². The summed E-state index contributed by atoms with van der Waals surface area (Å²) in [6.45, 7) is 1.88. The molecular weight excluding hydrogens is 340 g/mol. The quantitative estimate of drug-likeness (QED) is 0.543. The molecule has 3 N–H and O–H groups in total. The summed E-state index contributed by atoms with van der Waals surface area (Å²) in [5.74, 6) is 0.886. The summed E-state index contributed by atoms with van der Waals surface area (Å²) >= 11 is 0. The van der Waals surface area contributed by atoms with E-state index in [1.807, 2.05) is 30.3 Å². The third-order valence-electron chi connectivity index (χ3n) is 4.71. The van der Waals surface area contributed by atoms with Gasteiger partial charge in [0, 0.05) is 45.3 Å². The number of methoxy groups -OCH3 is 1. The lowest BCUT2D eigenvalue weighted by Gasteiger charge is -2.26. The highest BCUT2D eigenvalue weighted by Gasteiger charge is 2.24. The Morgan fingerprint density at radius 3 is 2.67 bits per heavy atom. The van der Waals surface area contributed by atoms with Crippen LogP contribution in [0.5, 0.6) is 0 Å². The average molecular weight is 366 g/mol. The number of rotatable bonds is 6. The summed E-state index contributed by atoms with van der Waals surface area (Å²) in [4.78, 5) is 16.3. The molecule has 0 fully saturated rings. The SMILES string of the molecule is CN=C(NCc1ccccc1COC)NCC1CC(=O)Nc2ccccc21. The molecule has 27 heavy (non-hydrogen) atoms. The fourth-order valence-electron chi connectivity index (χ4n) is 3.33. The number of anilines is 1. The van der Waals surface area contributed by atoms with Crippen LogP contribution >= 0.6 is 0 Å². The van der Waals surface area contributed by atoms with E-state index >= 15 is 0 Å². The standard InChI is InChI=1S/C21H26N4O2/c1-22-21(23-12-15-7-3-4-8-16(15)14-27-2)24-13-17-11-20(26)25-19-10-6-5-9-18(17)19/h3-10,17H,11-14H2,1-2H3,(H,25,26)(H2,22,23,24). The average Bonchev–Trinajstić information content (AvgIpc) is 2.69. The fourth-order valence-corrected chi connectivity index (χ4v) is 3.33. The molecule has 0 aliphatic carbocycles. The molecule has 0 aromatic heterocycles. The first-order chi connectivity index (χ1) is 13.2. The molecule has 3 rings (SSSR count). The van der Waals surface area contributed by atoms with E-state index in [-0.39, 0.29) is 11.8 Å². The van der Waals surface area contributed by atoms with Crippen molar-refractivity contribution in [1.82, 2.24) is 10.6 Å². The van der Waals surface area contributed by atoms with E-state index in [0.717, 1.165) is 16.8 Å². The summed E-state index contributed by atoms with van der Waals surface area (Å²) in [6.07, 6.45) is 0.470. The van der Waals surface area contributed by atoms with Crippen LogP contribution in [0.3, 0.4) is 0 Å². The van der Waals surface area contributed by atoms with E-state index in [1.54, 1.807) is 14.2 Å². The van der Waals surface area contributed by atoms with Gasteiger partial charge in [-0.1, -0.05) is 42.5 Å². The lowest BCUT2D eigenvalue weighted by Crippen LogP contribution is -2.40. The molecule has 6 heteroatoms. The van der Waals surface area contributed by atoms with Crippen LogP contribution in [0.4, 0.5) is 5.69 Å². The van der Waals surface area contributed by atoms with Gasteiger partial charge in [-0.05, 0) is 22.8 Å². The Balaban J connectivity index is 1.60. The normalized spacial score (nSPS) is 16.4. The Labute approximate surface area is 160 Å². The third-order valence-corrected chi connectivity index (χ3v) is 4.71. The van der Waals surface area contributed by atoms with Gasteiger partial charge in [-0.25, -0.2) is 0 Å². The van der Waals surface area contributed by atoms with Crippen molar-refractivity contribution in [2.24, 2.45) is 4.99 Å². The topological polar surface area (TPSA) is 74.8 Å². The molecule has 0 radical (unpaired) electrons. The molecule has 0 saturated heterocycles. The molecule has 1 heterocycles. The molecule has 1 aliphatic rings. The van der Waals surface area contributed by atoms with E-state index in [0.29, 0.717) is 32.1 Å². The third kappa shape index (κ3) is 4.86. The zero-order chi connectivity index (χ0) is 19.1. The number of fused-ring (bicyclic) bond motifs is 1. The fraction of sp³-hybridized carbons (Fsp3) is 0.333. The molecule has 2 aromatic carbocycles. The monoisotopic (exact) mass is 366 g/mol. The molecule has 1 aliphatic heterocycles. The summed E-state index contributed by atoms with van der Waals surface area (Å²) in [5.41, 5.74) is 4.38. The molecule has 1 atom stereocenters. The summed E-state index contributed by atoms with van der Waals surface area (Å²) < 4.78 is 5.26. The zero-order valence-corrected chi connectivity index (χ0v) is 15.8. The second-order valence-corrected chi connectivity index (χ2v) is 6.54. The number of hydrogen-bond acceptors (Lipinski definition) is 3. The van der Waals surface area contributed by atoms with Crippen molar-refractivity contribution in [3.05, 3.63) is 65.2 Å². The molecule has 1 unspecified atom stereocenters. The number of hydrogen-bond donors (Lipinski definition) is 3. The van der Waals surface area contributed by atoms with Gasteiger partial charge in [-0.15, -0.1) is 0 Å².